The van der Waals surface area contributed by atoms with Crippen molar-refractivity contribution in [1.82, 2.24) is 4.90 Å². The van der Waals surface area contributed by atoms with Crippen molar-refractivity contribution in [3.05, 3.63) is 62.9 Å². The van der Waals surface area contributed by atoms with Crippen molar-refractivity contribution < 1.29 is 4.79 Å². The average Bonchev–Trinajstić information content (AvgIpc) is 2.83. The van der Waals surface area contributed by atoms with E-state index in [9.17, 15) is 4.79 Å². The highest BCUT2D eigenvalue weighted by Gasteiger charge is 2.08. The number of aryl methyl sites for hydroxylation is 3. The van der Waals surface area contributed by atoms with E-state index < -0.39 is 0 Å². The van der Waals surface area contributed by atoms with Gasteiger partial charge in [-0.05, 0) is 55.0 Å². The first-order chi connectivity index (χ1) is 9.97. The van der Waals surface area contributed by atoms with E-state index in [0.717, 1.165) is 5.56 Å². The number of thiophene rings is 1. The summed E-state index contributed by atoms with van der Waals surface area (Å²) in [5.74, 6) is 0.0303. The van der Waals surface area contributed by atoms with Gasteiger partial charge < -0.3 is 4.90 Å². The molecule has 1 amide bonds. The molecule has 0 spiro atoms. The van der Waals surface area contributed by atoms with Crippen LogP contribution >= 0.6 is 11.3 Å². The lowest BCUT2D eigenvalue weighted by atomic mass is 10.1. The van der Waals surface area contributed by atoms with E-state index in [1.807, 2.05) is 13.1 Å². The van der Waals surface area contributed by atoms with Gasteiger partial charge in [-0.1, -0.05) is 23.8 Å². The van der Waals surface area contributed by atoms with Gasteiger partial charge in [0.25, 0.3) is 0 Å². The molecule has 3 heteroatoms. The second-order valence-electron chi connectivity index (χ2n) is 5.41. The van der Waals surface area contributed by atoms with Gasteiger partial charge in [0.1, 0.15) is 0 Å². The Morgan fingerprint density at radius 3 is 2.57 bits per heavy atom. The van der Waals surface area contributed by atoms with Crippen LogP contribution in [-0.4, -0.2) is 17.9 Å². The predicted octanol–water partition coefficient (Wildman–Crippen LogP) is 4.35. The maximum absolute atomic E-state index is 12.2. The molecule has 0 saturated carbocycles. The molecule has 0 aliphatic rings. The predicted molar refractivity (Wildman–Crippen MR) is 90.5 cm³/mol. The Morgan fingerprint density at radius 1 is 1.19 bits per heavy atom. The van der Waals surface area contributed by atoms with E-state index in [-0.39, 0.29) is 5.91 Å². The van der Waals surface area contributed by atoms with E-state index in [1.54, 1.807) is 22.3 Å². The molecule has 21 heavy (non-hydrogen) atoms. The van der Waals surface area contributed by atoms with Crippen molar-refractivity contribution >= 4 is 23.3 Å². The topological polar surface area (TPSA) is 20.3 Å². The molecule has 1 aromatic heterocycles. The van der Waals surface area contributed by atoms with Crippen molar-refractivity contribution in [1.29, 1.82) is 0 Å². The molecule has 0 aliphatic carbocycles. The molecule has 0 fully saturated rings. The summed E-state index contributed by atoms with van der Waals surface area (Å²) in [5.41, 5.74) is 4.77. The molecule has 0 atom stereocenters. The van der Waals surface area contributed by atoms with E-state index in [4.69, 9.17) is 0 Å². The third-order valence-electron chi connectivity index (χ3n) is 3.56. The lowest BCUT2D eigenvalue weighted by Gasteiger charge is -2.14. The van der Waals surface area contributed by atoms with Crippen LogP contribution in [0.2, 0.25) is 0 Å². The highest BCUT2D eigenvalue weighted by atomic mass is 32.1. The average molecular weight is 299 g/mol. The number of hydrogen-bond donors (Lipinski definition) is 0. The minimum Gasteiger partial charge on any atom is -0.337 e. The minimum atomic E-state index is 0.0303. The molecular weight excluding hydrogens is 278 g/mol. The lowest BCUT2D eigenvalue weighted by molar-refractivity contribution is -0.125. The van der Waals surface area contributed by atoms with Crippen molar-refractivity contribution in [2.24, 2.45) is 0 Å². The number of carbonyl (C=O) groups excluding carboxylic acids is 1. The summed E-state index contributed by atoms with van der Waals surface area (Å²) in [6, 6.07) is 8.33. The van der Waals surface area contributed by atoms with E-state index in [0.29, 0.717) is 6.54 Å². The van der Waals surface area contributed by atoms with Crippen molar-refractivity contribution in [2.45, 2.75) is 27.3 Å². The lowest BCUT2D eigenvalue weighted by Crippen LogP contribution is -2.23. The van der Waals surface area contributed by atoms with Crippen LogP contribution in [-0.2, 0) is 11.3 Å². The maximum atomic E-state index is 12.2. The number of amides is 1. The molecule has 1 heterocycles. The number of carbonyl (C=O) groups is 1. The second kappa shape index (κ2) is 6.72. The molecule has 1 aromatic carbocycles. The Bertz CT molecular complexity index is 670. The van der Waals surface area contributed by atoms with Crippen LogP contribution in [0.5, 0.6) is 0 Å². The highest BCUT2D eigenvalue weighted by Crippen LogP contribution is 2.17. The number of hydrogen-bond acceptors (Lipinski definition) is 2. The molecular formula is C18H21NOS. The van der Waals surface area contributed by atoms with Gasteiger partial charge in [-0.3, -0.25) is 4.79 Å². The van der Waals surface area contributed by atoms with Crippen LogP contribution in [0, 0.1) is 20.8 Å². The van der Waals surface area contributed by atoms with Gasteiger partial charge in [0.2, 0.25) is 5.91 Å². The fourth-order valence-corrected chi connectivity index (χ4v) is 3.12. The van der Waals surface area contributed by atoms with E-state index in [2.05, 4.69) is 50.4 Å². The second-order valence-corrected chi connectivity index (χ2v) is 6.42. The SMILES string of the molecule is Cc1ccc(/C=C/C(=O)N(C)Cc2sccc2C)c(C)c1. The summed E-state index contributed by atoms with van der Waals surface area (Å²) in [6.45, 7) is 6.88. The van der Waals surface area contributed by atoms with Crippen LogP contribution < -0.4 is 0 Å². The van der Waals surface area contributed by atoms with Gasteiger partial charge in [0.15, 0.2) is 0 Å². The van der Waals surface area contributed by atoms with Crippen LogP contribution in [0.25, 0.3) is 6.08 Å². The summed E-state index contributed by atoms with van der Waals surface area (Å²) in [5, 5.41) is 2.06. The zero-order chi connectivity index (χ0) is 15.4. The Kier molecular flexibility index (Phi) is 4.97. The summed E-state index contributed by atoms with van der Waals surface area (Å²) >= 11 is 1.70. The Balaban J connectivity index is 2.03. The van der Waals surface area contributed by atoms with E-state index in [1.165, 1.54) is 21.6 Å². The third-order valence-corrected chi connectivity index (χ3v) is 4.56. The van der Waals surface area contributed by atoms with Crippen LogP contribution in [0.15, 0.2) is 35.7 Å². The van der Waals surface area contributed by atoms with Crippen molar-refractivity contribution in [2.75, 3.05) is 7.05 Å². The van der Waals surface area contributed by atoms with Crippen molar-refractivity contribution in [3.8, 4) is 0 Å². The van der Waals surface area contributed by atoms with E-state index >= 15 is 0 Å². The summed E-state index contributed by atoms with van der Waals surface area (Å²) in [4.78, 5) is 15.2. The summed E-state index contributed by atoms with van der Waals surface area (Å²) in [7, 11) is 1.84. The standard InChI is InChI=1S/C18H21NOS/c1-13-5-6-16(15(3)11-13)7-8-18(20)19(4)12-17-14(2)9-10-21-17/h5-11H,12H2,1-4H3/b8-7+. The van der Waals surface area contributed by atoms with Gasteiger partial charge in [0.05, 0.1) is 6.54 Å². The first-order valence-corrected chi connectivity index (χ1v) is 7.88. The molecule has 0 aliphatic heterocycles. The zero-order valence-electron chi connectivity index (χ0n) is 13.0. The van der Waals surface area contributed by atoms with Crippen LogP contribution in [0.4, 0.5) is 0 Å². The van der Waals surface area contributed by atoms with Crippen LogP contribution in [0.3, 0.4) is 0 Å². The Morgan fingerprint density at radius 2 is 1.95 bits per heavy atom. The smallest absolute Gasteiger partial charge is 0.246 e. The maximum Gasteiger partial charge on any atom is 0.246 e. The zero-order valence-corrected chi connectivity index (χ0v) is 13.8. The number of likely N-dealkylation sites (N-methyl/N-ethyl adjacent to an activating group) is 1. The fraction of sp³-hybridized carbons (Fsp3) is 0.278. The molecule has 0 radical (unpaired) electrons. The Hall–Kier alpha value is -1.87. The van der Waals surface area contributed by atoms with Gasteiger partial charge in [0, 0.05) is 18.0 Å². The molecule has 2 rings (SSSR count). The molecule has 0 saturated heterocycles. The van der Waals surface area contributed by atoms with Gasteiger partial charge in [-0.2, -0.15) is 0 Å². The fourth-order valence-electron chi connectivity index (χ4n) is 2.16. The quantitative estimate of drug-likeness (QED) is 0.769. The normalized spacial score (nSPS) is 11.0. The molecule has 110 valence electrons. The monoisotopic (exact) mass is 299 g/mol. The number of nitrogens with zero attached hydrogens (tertiary/aromatic N) is 1. The minimum absolute atomic E-state index is 0.0303. The highest BCUT2D eigenvalue weighted by molar-refractivity contribution is 7.10. The Labute approximate surface area is 130 Å². The molecule has 0 N–H and O–H groups in total. The molecule has 2 nitrogen and oxygen atoms in total. The third kappa shape index (κ3) is 4.05. The molecule has 2 aromatic rings. The first kappa shape index (κ1) is 15.5. The summed E-state index contributed by atoms with van der Waals surface area (Å²) in [6.07, 6.45) is 3.55. The van der Waals surface area contributed by atoms with Gasteiger partial charge >= 0.3 is 0 Å². The molecule has 0 unspecified atom stereocenters. The molecule has 0 bridgehead atoms. The summed E-state index contributed by atoms with van der Waals surface area (Å²) < 4.78 is 0. The first-order valence-electron chi connectivity index (χ1n) is 7.01. The number of benzene rings is 1. The van der Waals surface area contributed by atoms with Crippen molar-refractivity contribution in [3.63, 3.8) is 0 Å². The van der Waals surface area contributed by atoms with Gasteiger partial charge in [-0.25, -0.2) is 0 Å². The largest absolute Gasteiger partial charge is 0.337 e. The van der Waals surface area contributed by atoms with Crippen LogP contribution in [0.1, 0.15) is 27.1 Å². The number of rotatable bonds is 4. The van der Waals surface area contributed by atoms with Gasteiger partial charge in [-0.15, -0.1) is 11.3 Å².